The molecule has 0 aliphatic heterocycles. The number of anilines is 1. The first-order chi connectivity index (χ1) is 9.10. The van der Waals surface area contributed by atoms with Gasteiger partial charge in [-0.05, 0) is 26.0 Å². The Labute approximate surface area is 112 Å². The third-order valence-electron chi connectivity index (χ3n) is 2.73. The van der Waals surface area contributed by atoms with Crippen molar-refractivity contribution in [3.05, 3.63) is 36.0 Å². The normalized spacial score (nSPS) is 10.7. The Morgan fingerprint density at radius 1 is 1.26 bits per heavy atom. The fourth-order valence-corrected chi connectivity index (χ4v) is 1.79. The summed E-state index contributed by atoms with van der Waals surface area (Å²) < 4.78 is 12.6. The molecular weight excluding hydrogens is 242 g/mol. The summed E-state index contributed by atoms with van der Waals surface area (Å²) in [6, 6.07) is 9.55. The Morgan fingerprint density at radius 2 is 2.00 bits per heavy atom. The van der Waals surface area contributed by atoms with Gasteiger partial charge in [0.15, 0.2) is 0 Å². The third-order valence-corrected chi connectivity index (χ3v) is 2.73. The number of nitrogens with two attached hydrogens (primary N) is 1. The predicted molar refractivity (Wildman–Crippen MR) is 74.4 cm³/mol. The molecule has 0 amide bonds. The number of nitrogen functional groups attached to an aromatic ring is 1. The van der Waals surface area contributed by atoms with Crippen LogP contribution in [0.5, 0.6) is 11.5 Å². The van der Waals surface area contributed by atoms with Gasteiger partial charge in [0.1, 0.15) is 29.6 Å². The molecule has 0 unspecified atom stereocenters. The molecule has 0 atom stereocenters. The Bertz CT molecular complexity index is 549. The summed E-state index contributed by atoms with van der Waals surface area (Å²) in [5.74, 6) is 2.17. The van der Waals surface area contributed by atoms with Crippen LogP contribution in [0.2, 0.25) is 0 Å². The van der Waals surface area contributed by atoms with E-state index in [9.17, 15) is 0 Å². The number of rotatable bonds is 5. The van der Waals surface area contributed by atoms with Gasteiger partial charge in [0.25, 0.3) is 0 Å². The lowest BCUT2D eigenvalue weighted by molar-refractivity contribution is 0.296. The van der Waals surface area contributed by atoms with Gasteiger partial charge >= 0.3 is 0 Å². The predicted octanol–water partition coefficient (Wildman–Crippen LogP) is 2.63. The molecule has 0 spiro atoms. The van der Waals surface area contributed by atoms with Crippen molar-refractivity contribution in [2.45, 2.75) is 26.5 Å². The van der Waals surface area contributed by atoms with Crippen molar-refractivity contribution in [3.63, 3.8) is 0 Å². The van der Waals surface area contributed by atoms with Gasteiger partial charge in [0.05, 0.1) is 7.11 Å². The lowest BCUT2D eigenvalue weighted by atomic mass is 10.3. The second kappa shape index (κ2) is 5.65. The fraction of sp³-hybridized carbons (Fsp3) is 0.357. The van der Waals surface area contributed by atoms with Crippen molar-refractivity contribution < 1.29 is 9.47 Å². The molecule has 0 saturated carbocycles. The van der Waals surface area contributed by atoms with Crippen LogP contribution in [0.15, 0.2) is 30.3 Å². The second-order valence-corrected chi connectivity index (χ2v) is 4.57. The van der Waals surface area contributed by atoms with Crippen molar-refractivity contribution in [1.82, 2.24) is 9.78 Å². The highest BCUT2D eigenvalue weighted by Gasteiger charge is 2.08. The van der Waals surface area contributed by atoms with E-state index in [4.69, 9.17) is 15.2 Å². The molecule has 2 rings (SSSR count). The standard InChI is InChI=1S/C14H19N3O2/c1-10(2)17-14(15)7-11(16-17)9-19-13-6-4-5-12(8-13)18-3/h4-8,10H,9,15H2,1-3H3. The Kier molecular flexibility index (Phi) is 3.94. The summed E-state index contributed by atoms with van der Waals surface area (Å²) in [7, 11) is 1.63. The molecule has 0 aliphatic rings. The van der Waals surface area contributed by atoms with Crippen molar-refractivity contribution in [2.24, 2.45) is 0 Å². The highest BCUT2D eigenvalue weighted by atomic mass is 16.5. The van der Waals surface area contributed by atoms with Gasteiger partial charge in [-0.1, -0.05) is 6.07 Å². The van der Waals surface area contributed by atoms with Crippen LogP contribution in [-0.4, -0.2) is 16.9 Å². The highest BCUT2D eigenvalue weighted by Crippen LogP contribution is 2.20. The molecule has 0 radical (unpaired) electrons. The van der Waals surface area contributed by atoms with Gasteiger partial charge in [-0.25, -0.2) is 4.68 Å². The summed E-state index contributed by atoms with van der Waals surface area (Å²) in [5.41, 5.74) is 6.70. The third kappa shape index (κ3) is 3.19. The fourth-order valence-electron chi connectivity index (χ4n) is 1.79. The first-order valence-electron chi connectivity index (χ1n) is 6.21. The maximum atomic E-state index is 5.88. The minimum atomic E-state index is 0.241. The molecule has 0 fully saturated rings. The molecule has 102 valence electrons. The summed E-state index contributed by atoms with van der Waals surface area (Å²) >= 11 is 0. The van der Waals surface area contributed by atoms with Crippen LogP contribution < -0.4 is 15.2 Å². The molecule has 2 N–H and O–H groups in total. The number of methoxy groups -OCH3 is 1. The molecule has 1 heterocycles. The van der Waals surface area contributed by atoms with Gasteiger partial charge in [0.2, 0.25) is 0 Å². The molecule has 5 nitrogen and oxygen atoms in total. The van der Waals surface area contributed by atoms with E-state index in [1.54, 1.807) is 11.8 Å². The summed E-state index contributed by atoms with van der Waals surface area (Å²) in [6.45, 7) is 4.46. The molecule has 1 aromatic carbocycles. The monoisotopic (exact) mass is 261 g/mol. The average Bonchev–Trinajstić information content (AvgIpc) is 2.78. The van der Waals surface area contributed by atoms with Gasteiger partial charge in [-0.3, -0.25) is 0 Å². The number of hydrogen-bond donors (Lipinski definition) is 1. The van der Waals surface area contributed by atoms with E-state index in [2.05, 4.69) is 5.10 Å². The second-order valence-electron chi connectivity index (χ2n) is 4.57. The van der Waals surface area contributed by atoms with Gasteiger partial charge < -0.3 is 15.2 Å². The van der Waals surface area contributed by atoms with E-state index in [1.807, 2.05) is 44.2 Å². The van der Waals surface area contributed by atoms with Crippen molar-refractivity contribution >= 4 is 5.82 Å². The van der Waals surface area contributed by atoms with E-state index in [1.165, 1.54) is 0 Å². The van der Waals surface area contributed by atoms with Crippen LogP contribution in [-0.2, 0) is 6.61 Å². The molecule has 19 heavy (non-hydrogen) atoms. The van der Waals surface area contributed by atoms with Crippen LogP contribution >= 0.6 is 0 Å². The summed E-state index contributed by atoms with van der Waals surface area (Å²) in [6.07, 6.45) is 0. The van der Waals surface area contributed by atoms with Crippen LogP contribution in [0.3, 0.4) is 0 Å². The minimum absolute atomic E-state index is 0.241. The molecule has 0 aliphatic carbocycles. The SMILES string of the molecule is COc1cccc(OCc2cc(N)n(C(C)C)n2)c1. The van der Waals surface area contributed by atoms with Gasteiger partial charge in [0, 0.05) is 18.2 Å². The number of hydrogen-bond acceptors (Lipinski definition) is 4. The smallest absolute Gasteiger partial charge is 0.132 e. The number of aromatic nitrogens is 2. The van der Waals surface area contributed by atoms with E-state index < -0.39 is 0 Å². The Balaban J connectivity index is 2.04. The first-order valence-corrected chi connectivity index (χ1v) is 6.21. The van der Waals surface area contributed by atoms with Crippen molar-refractivity contribution in [3.8, 4) is 11.5 Å². The zero-order valence-corrected chi connectivity index (χ0v) is 11.5. The zero-order chi connectivity index (χ0) is 13.8. The summed E-state index contributed by atoms with van der Waals surface area (Å²) in [5, 5.41) is 4.40. The lowest BCUT2D eigenvalue weighted by Gasteiger charge is -2.07. The topological polar surface area (TPSA) is 62.3 Å². The van der Waals surface area contributed by atoms with Crippen LogP contribution in [0.1, 0.15) is 25.6 Å². The molecule has 1 aromatic heterocycles. The largest absolute Gasteiger partial charge is 0.497 e. The van der Waals surface area contributed by atoms with E-state index in [0.717, 1.165) is 17.2 Å². The quantitative estimate of drug-likeness (QED) is 0.898. The van der Waals surface area contributed by atoms with Crippen LogP contribution in [0.25, 0.3) is 0 Å². The Morgan fingerprint density at radius 3 is 2.63 bits per heavy atom. The van der Waals surface area contributed by atoms with E-state index in [0.29, 0.717) is 12.4 Å². The van der Waals surface area contributed by atoms with E-state index in [-0.39, 0.29) is 6.04 Å². The minimum Gasteiger partial charge on any atom is -0.497 e. The number of nitrogens with zero attached hydrogens (tertiary/aromatic N) is 2. The number of benzene rings is 1. The maximum Gasteiger partial charge on any atom is 0.132 e. The van der Waals surface area contributed by atoms with E-state index >= 15 is 0 Å². The zero-order valence-electron chi connectivity index (χ0n) is 11.5. The average molecular weight is 261 g/mol. The molecule has 2 aromatic rings. The Hall–Kier alpha value is -2.17. The van der Waals surface area contributed by atoms with Crippen molar-refractivity contribution in [1.29, 1.82) is 0 Å². The van der Waals surface area contributed by atoms with Crippen molar-refractivity contribution in [2.75, 3.05) is 12.8 Å². The maximum absolute atomic E-state index is 5.88. The number of ether oxygens (including phenoxy) is 2. The van der Waals surface area contributed by atoms with Crippen LogP contribution in [0.4, 0.5) is 5.82 Å². The van der Waals surface area contributed by atoms with Gasteiger partial charge in [-0.2, -0.15) is 5.10 Å². The first kappa shape index (κ1) is 13.3. The highest BCUT2D eigenvalue weighted by molar-refractivity contribution is 5.34. The molecule has 5 heteroatoms. The molecule has 0 saturated heterocycles. The summed E-state index contributed by atoms with van der Waals surface area (Å²) in [4.78, 5) is 0. The molecule has 0 bridgehead atoms. The van der Waals surface area contributed by atoms with Crippen LogP contribution in [0, 0.1) is 0 Å². The molecular formula is C14H19N3O2. The van der Waals surface area contributed by atoms with Gasteiger partial charge in [-0.15, -0.1) is 0 Å². The lowest BCUT2D eigenvalue weighted by Crippen LogP contribution is -2.07.